The van der Waals surface area contributed by atoms with Crippen molar-refractivity contribution in [3.05, 3.63) is 24.0 Å². The standard InChI is InChI=1S/C12H16N4OS/c13-11(18)9-3-4-14-7-10(9)15-5-6-16-12(17)8-1-2-8/h3-4,7-8,15H,1-2,5-6H2,(H2,13,18)(H,16,17). The van der Waals surface area contributed by atoms with Crippen molar-refractivity contribution in [2.24, 2.45) is 11.7 Å². The molecule has 1 aliphatic rings. The average Bonchev–Trinajstić information content (AvgIpc) is 3.19. The van der Waals surface area contributed by atoms with Crippen LogP contribution < -0.4 is 16.4 Å². The average molecular weight is 264 g/mol. The summed E-state index contributed by atoms with van der Waals surface area (Å²) in [6.07, 6.45) is 5.37. The molecule has 1 heterocycles. The quantitative estimate of drug-likeness (QED) is 0.519. The molecule has 1 fully saturated rings. The van der Waals surface area contributed by atoms with Gasteiger partial charge in [-0.1, -0.05) is 12.2 Å². The Morgan fingerprint density at radius 3 is 2.94 bits per heavy atom. The van der Waals surface area contributed by atoms with E-state index in [1.807, 2.05) is 0 Å². The molecule has 1 aromatic rings. The van der Waals surface area contributed by atoms with Crippen molar-refractivity contribution < 1.29 is 4.79 Å². The Morgan fingerprint density at radius 1 is 1.50 bits per heavy atom. The normalized spacial score (nSPS) is 14.0. The van der Waals surface area contributed by atoms with Gasteiger partial charge < -0.3 is 16.4 Å². The Bertz CT molecular complexity index is 459. The molecule has 0 atom stereocenters. The van der Waals surface area contributed by atoms with Crippen molar-refractivity contribution in [3.8, 4) is 0 Å². The monoisotopic (exact) mass is 264 g/mol. The first-order valence-corrected chi connectivity index (χ1v) is 6.34. The van der Waals surface area contributed by atoms with Crippen LogP contribution in [0, 0.1) is 5.92 Å². The molecule has 5 nitrogen and oxygen atoms in total. The summed E-state index contributed by atoms with van der Waals surface area (Å²) in [5, 5.41) is 6.04. The molecule has 2 rings (SSSR count). The van der Waals surface area contributed by atoms with Crippen LogP contribution in [-0.4, -0.2) is 29.0 Å². The molecular weight excluding hydrogens is 248 g/mol. The SMILES string of the molecule is NC(=S)c1ccncc1NCCNC(=O)C1CC1. The molecule has 0 spiro atoms. The summed E-state index contributed by atoms with van der Waals surface area (Å²) in [4.78, 5) is 15.7. The third kappa shape index (κ3) is 3.40. The molecule has 6 heteroatoms. The third-order valence-electron chi connectivity index (χ3n) is 2.77. The number of thiocarbonyl (C=S) groups is 1. The number of carbonyl (C=O) groups excluding carboxylic acids is 1. The molecule has 1 aromatic heterocycles. The van der Waals surface area contributed by atoms with Crippen molar-refractivity contribution in [1.29, 1.82) is 0 Å². The maximum absolute atomic E-state index is 11.4. The van der Waals surface area contributed by atoms with Crippen LogP contribution in [0.2, 0.25) is 0 Å². The molecule has 0 aromatic carbocycles. The second-order valence-electron chi connectivity index (χ2n) is 4.28. The first-order chi connectivity index (χ1) is 8.68. The summed E-state index contributed by atoms with van der Waals surface area (Å²) >= 11 is 4.95. The fraction of sp³-hybridized carbons (Fsp3) is 0.417. The first-order valence-electron chi connectivity index (χ1n) is 5.94. The summed E-state index contributed by atoms with van der Waals surface area (Å²) in [5.41, 5.74) is 7.18. The van der Waals surface area contributed by atoms with Gasteiger partial charge in [-0.05, 0) is 18.9 Å². The number of amides is 1. The van der Waals surface area contributed by atoms with Crippen molar-refractivity contribution in [3.63, 3.8) is 0 Å². The number of carbonyl (C=O) groups is 1. The van der Waals surface area contributed by atoms with Crippen molar-refractivity contribution in [2.75, 3.05) is 18.4 Å². The van der Waals surface area contributed by atoms with Crippen LogP contribution in [0.3, 0.4) is 0 Å². The van der Waals surface area contributed by atoms with Crippen LogP contribution in [0.4, 0.5) is 5.69 Å². The number of rotatable bonds is 6. The van der Waals surface area contributed by atoms with Gasteiger partial charge in [-0.15, -0.1) is 0 Å². The summed E-state index contributed by atoms with van der Waals surface area (Å²) in [7, 11) is 0. The zero-order valence-electron chi connectivity index (χ0n) is 9.98. The molecule has 0 aliphatic heterocycles. The number of aromatic nitrogens is 1. The van der Waals surface area contributed by atoms with Crippen LogP contribution >= 0.6 is 12.2 Å². The Labute approximate surface area is 111 Å². The number of pyridine rings is 1. The highest BCUT2D eigenvalue weighted by Crippen LogP contribution is 2.28. The minimum Gasteiger partial charge on any atom is -0.389 e. The molecular formula is C12H16N4OS. The lowest BCUT2D eigenvalue weighted by molar-refractivity contribution is -0.122. The van der Waals surface area contributed by atoms with Crippen LogP contribution in [0.15, 0.2) is 18.5 Å². The highest BCUT2D eigenvalue weighted by Gasteiger charge is 2.28. The lowest BCUT2D eigenvalue weighted by Gasteiger charge is -2.10. The van der Waals surface area contributed by atoms with Gasteiger partial charge in [0.25, 0.3) is 0 Å². The summed E-state index contributed by atoms with van der Waals surface area (Å²) in [5.74, 6) is 0.396. The zero-order valence-corrected chi connectivity index (χ0v) is 10.8. The van der Waals surface area contributed by atoms with Gasteiger partial charge in [-0.2, -0.15) is 0 Å². The molecule has 4 N–H and O–H groups in total. The Hall–Kier alpha value is -1.69. The van der Waals surface area contributed by atoms with Gasteiger partial charge in [0.15, 0.2) is 0 Å². The minimum atomic E-state index is 0.151. The molecule has 1 saturated carbocycles. The number of nitrogens with two attached hydrogens (primary N) is 1. The molecule has 1 aliphatic carbocycles. The Morgan fingerprint density at radius 2 is 2.28 bits per heavy atom. The number of anilines is 1. The van der Waals surface area contributed by atoms with Gasteiger partial charge in [-0.25, -0.2) is 0 Å². The first kappa shape index (κ1) is 12.8. The fourth-order valence-electron chi connectivity index (χ4n) is 1.62. The molecule has 96 valence electrons. The topological polar surface area (TPSA) is 80.0 Å². The third-order valence-corrected chi connectivity index (χ3v) is 2.99. The number of nitrogens with zero attached hydrogens (tertiary/aromatic N) is 1. The minimum absolute atomic E-state index is 0.151. The number of nitrogens with one attached hydrogen (secondary N) is 2. The van der Waals surface area contributed by atoms with Crippen molar-refractivity contribution >= 4 is 28.8 Å². The van der Waals surface area contributed by atoms with E-state index in [-0.39, 0.29) is 11.8 Å². The molecule has 0 unspecified atom stereocenters. The zero-order chi connectivity index (χ0) is 13.0. The predicted octanol–water partition coefficient (Wildman–Crippen LogP) is 0.654. The van der Waals surface area contributed by atoms with E-state index in [0.717, 1.165) is 24.1 Å². The number of hydrogen-bond acceptors (Lipinski definition) is 4. The number of hydrogen-bond donors (Lipinski definition) is 3. The highest BCUT2D eigenvalue weighted by atomic mass is 32.1. The Kier molecular flexibility index (Phi) is 4.09. The van der Waals surface area contributed by atoms with Gasteiger partial charge in [0.05, 0.1) is 11.9 Å². The van der Waals surface area contributed by atoms with E-state index in [1.165, 1.54) is 0 Å². The lowest BCUT2D eigenvalue weighted by Crippen LogP contribution is -2.30. The van der Waals surface area contributed by atoms with Gasteiger partial charge in [-0.3, -0.25) is 9.78 Å². The molecule has 0 bridgehead atoms. The summed E-state index contributed by atoms with van der Waals surface area (Å²) in [6.45, 7) is 1.21. The summed E-state index contributed by atoms with van der Waals surface area (Å²) < 4.78 is 0. The second kappa shape index (κ2) is 5.77. The van der Waals surface area contributed by atoms with E-state index in [2.05, 4.69) is 15.6 Å². The van der Waals surface area contributed by atoms with Gasteiger partial charge in [0.2, 0.25) is 5.91 Å². The van der Waals surface area contributed by atoms with E-state index in [1.54, 1.807) is 18.5 Å². The van der Waals surface area contributed by atoms with E-state index in [4.69, 9.17) is 18.0 Å². The van der Waals surface area contributed by atoms with Crippen LogP contribution in [-0.2, 0) is 4.79 Å². The van der Waals surface area contributed by atoms with Gasteiger partial charge >= 0.3 is 0 Å². The fourth-order valence-corrected chi connectivity index (χ4v) is 1.80. The molecule has 1 amide bonds. The predicted molar refractivity (Wildman–Crippen MR) is 74.3 cm³/mol. The smallest absolute Gasteiger partial charge is 0.223 e. The maximum atomic E-state index is 11.4. The van der Waals surface area contributed by atoms with E-state index >= 15 is 0 Å². The van der Waals surface area contributed by atoms with Crippen molar-refractivity contribution in [2.45, 2.75) is 12.8 Å². The van der Waals surface area contributed by atoms with E-state index < -0.39 is 0 Å². The van der Waals surface area contributed by atoms with Gasteiger partial charge in [0.1, 0.15) is 4.99 Å². The van der Waals surface area contributed by atoms with Crippen molar-refractivity contribution in [1.82, 2.24) is 10.3 Å². The van der Waals surface area contributed by atoms with E-state index in [0.29, 0.717) is 18.1 Å². The summed E-state index contributed by atoms with van der Waals surface area (Å²) in [6, 6.07) is 1.77. The molecule has 0 saturated heterocycles. The maximum Gasteiger partial charge on any atom is 0.223 e. The van der Waals surface area contributed by atoms with Crippen LogP contribution in [0.5, 0.6) is 0 Å². The molecule has 0 radical (unpaired) electrons. The largest absolute Gasteiger partial charge is 0.389 e. The van der Waals surface area contributed by atoms with Crippen LogP contribution in [0.1, 0.15) is 18.4 Å². The molecule has 18 heavy (non-hydrogen) atoms. The Balaban J connectivity index is 1.79. The van der Waals surface area contributed by atoms with Crippen LogP contribution in [0.25, 0.3) is 0 Å². The highest BCUT2D eigenvalue weighted by molar-refractivity contribution is 7.80. The van der Waals surface area contributed by atoms with Gasteiger partial charge in [0, 0.05) is 30.8 Å². The second-order valence-corrected chi connectivity index (χ2v) is 4.72. The van der Waals surface area contributed by atoms with E-state index in [9.17, 15) is 4.79 Å². The lowest BCUT2D eigenvalue weighted by atomic mass is 10.2.